The van der Waals surface area contributed by atoms with Crippen LogP contribution in [-0.2, 0) is 0 Å². The average Bonchev–Trinajstić information content (AvgIpc) is 3.05. The van der Waals surface area contributed by atoms with E-state index in [0.717, 1.165) is 48.3 Å². The maximum Gasteiger partial charge on any atom is 0.154 e. The topological polar surface area (TPSA) is 67.1 Å². The largest absolute Gasteiger partial charge is 0.368 e. The predicted octanol–water partition coefficient (Wildman–Crippen LogP) is 2.20. The van der Waals surface area contributed by atoms with Crippen molar-refractivity contribution < 1.29 is 0 Å². The number of aromatic nitrogens is 4. The van der Waals surface area contributed by atoms with Crippen LogP contribution in [0, 0.1) is 5.92 Å². The van der Waals surface area contributed by atoms with Gasteiger partial charge in [-0.25, -0.2) is 9.50 Å². The van der Waals surface area contributed by atoms with Crippen molar-refractivity contribution >= 4 is 11.5 Å². The molecule has 0 bridgehead atoms. The summed E-state index contributed by atoms with van der Waals surface area (Å²) >= 11 is 0. The van der Waals surface area contributed by atoms with E-state index in [0.29, 0.717) is 0 Å². The molecular formula is C17H20N6. The first kappa shape index (κ1) is 14.1. The van der Waals surface area contributed by atoms with Gasteiger partial charge < -0.3 is 10.6 Å². The SMILES string of the molecule is c1cc(-c2cnc3ccc(NCC4CCNCC4)nn23)ccn1. The lowest BCUT2D eigenvalue weighted by atomic mass is 9.98. The van der Waals surface area contributed by atoms with Crippen LogP contribution < -0.4 is 10.6 Å². The number of pyridine rings is 1. The van der Waals surface area contributed by atoms with E-state index in [4.69, 9.17) is 5.10 Å². The highest BCUT2D eigenvalue weighted by Gasteiger charge is 2.13. The van der Waals surface area contributed by atoms with E-state index in [1.54, 1.807) is 12.4 Å². The quantitative estimate of drug-likeness (QED) is 0.773. The van der Waals surface area contributed by atoms with Crippen molar-refractivity contribution in [2.75, 3.05) is 25.0 Å². The van der Waals surface area contributed by atoms with Crippen LogP contribution in [0.25, 0.3) is 16.9 Å². The van der Waals surface area contributed by atoms with Crippen LogP contribution in [0.2, 0.25) is 0 Å². The Labute approximate surface area is 135 Å². The normalized spacial score (nSPS) is 15.8. The molecule has 2 N–H and O–H groups in total. The molecule has 0 aromatic carbocycles. The third kappa shape index (κ3) is 3.03. The standard InChI is InChI=1S/C17H20N6/c1-2-17-21-12-15(14-5-9-19-10-6-14)23(17)22-16(1)20-11-13-3-7-18-8-4-13/h1-2,5-6,9-10,12-13,18H,3-4,7-8,11H2,(H,20,22). The highest BCUT2D eigenvalue weighted by molar-refractivity contribution is 5.63. The molecule has 0 atom stereocenters. The molecule has 1 aliphatic rings. The molecular weight excluding hydrogens is 288 g/mol. The first-order valence-electron chi connectivity index (χ1n) is 8.10. The van der Waals surface area contributed by atoms with Crippen LogP contribution in [0.1, 0.15) is 12.8 Å². The monoisotopic (exact) mass is 308 g/mol. The molecule has 4 rings (SSSR count). The summed E-state index contributed by atoms with van der Waals surface area (Å²) in [7, 11) is 0. The van der Waals surface area contributed by atoms with E-state index in [1.807, 2.05) is 35.0 Å². The molecule has 0 aliphatic carbocycles. The van der Waals surface area contributed by atoms with Crippen LogP contribution in [0.4, 0.5) is 5.82 Å². The van der Waals surface area contributed by atoms with Crippen molar-refractivity contribution in [3.8, 4) is 11.3 Å². The first-order chi connectivity index (χ1) is 11.4. The Hall–Kier alpha value is -2.47. The summed E-state index contributed by atoms with van der Waals surface area (Å²) in [5.41, 5.74) is 2.90. The molecule has 3 aromatic rings. The summed E-state index contributed by atoms with van der Waals surface area (Å²) in [4.78, 5) is 8.50. The number of rotatable bonds is 4. The second-order valence-corrected chi connectivity index (χ2v) is 5.94. The number of piperidine rings is 1. The molecule has 23 heavy (non-hydrogen) atoms. The van der Waals surface area contributed by atoms with Gasteiger partial charge in [-0.2, -0.15) is 0 Å². The molecule has 0 amide bonds. The minimum Gasteiger partial charge on any atom is -0.368 e. The highest BCUT2D eigenvalue weighted by atomic mass is 15.3. The molecule has 3 aromatic heterocycles. The molecule has 118 valence electrons. The van der Waals surface area contributed by atoms with Gasteiger partial charge in [0.15, 0.2) is 5.65 Å². The van der Waals surface area contributed by atoms with Crippen molar-refractivity contribution in [3.05, 3.63) is 42.9 Å². The average molecular weight is 308 g/mol. The second kappa shape index (κ2) is 6.34. The van der Waals surface area contributed by atoms with E-state index in [9.17, 15) is 0 Å². The highest BCUT2D eigenvalue weighted by Crippen LogP contribution is 2.20. The molecule has 0 unspecified atom stereocenters. The van der Waals surface area contributed by atoms with Gasteiger partial charge in [-0.05, 0) is 56.1 Å². The molecule has 6 heteroatoms. The zero-order valence-electron chi connectivity index (χ0n) is 12.9. The summed E-state index contributed by atoms with van der Waals surface area (Å²) in [5.74, 6) is 1.61. The van der Waals surface area contributed by atoms with Gasteiger partial charge in [0, 0.05) is 24.5 Å². The molecule has 6 nitrogen and oxygen atoms in total. The maximum atomic E-state index is 4.70. The lowest BCUT2D eigenvalue weighted by Crippen LogP contribution is -2.31. The number of nitrogens with zero attached hydrogens (tertiary/aromatic N) is 4. The van der Waals surface area contributed by atoms with E-state index in [-0.39, 0.29) is 0 Å². The Morgan fingerprint density at radius 1 is 1.13 bits per heavy atom. The lowest BCUT2D eigenvalue weighted by molar-refractivity contribution is 0.389. The van der Waals surface area contributed by atoms with Crippen LogP contribution >= 0.6 is 0 Å². The zero-order valence-corrected chi connectivity index (χ0v) is 12.9. The van der Waals surface area contributed by atoms with Crippen LogP contribution in [-0.4, -0.2) is 39.2 Å². The van der Waals surface area contributed by atoms with E-state index >= 15 is 0 Å². The van der Waals surface area contributed by atoms with Gasteiger partial charge in [0.1, 0.15) is 5.82 Å². The fourth-order valence-corrected chi connectivity index (χ4v) is 3.02. The van der Waals surface area contributed by atoms with Crippen LogP contribution in [0.3, 0.4) is 0 Å². The maximum absolute atomic E-state index is 4.70. The third-order valence-electron chi connectivity index (χ3n) is 4.37. The number of nitrogens with one attached hydrogen (secondary N) is 2. The molecule has 0 saturated carbocycles. The van der Waals surface area contributed by atoms with Gasteiger partial charge in [-0.3, -0.25) is 4.98 Å². The van der Waals surface area contributed by atoms with Gasteiger partial charge in [0.25, 0.3) is 0 Å². The Kier molecular flexibility index (Phi) is 3.90. The Balaban J connectivity index is 1.57. The smallest absolute Gasteiger partial charge is 0.154 e. The van der Waals surface area contributed by atoms with Gasteiger partial charge in [-0.1, -0.05) is 0 Å². The van der Waals surface area contributed by atoms with Crippen molar-refractivity contribution in [2.24, 2.45) is 5.92 Å². The number of fused-ring (bicyclic) bond motifs is 1. The molecule has 0 radical (unpaired) electrons. The zero-order chi connectivity index (χ0) is 15.5. The van der Waals surface area contributed by atoms with Gasteiger partial charge in [0.2, 0.25) is 0 Å². The summed E-state index contributed by atoms with van der Waals surface area (Å²) in [6, 6.07) is 7.95. The molecule has 1 aliphatic heterocycles. The minimum absolute atomic E-state index is 0.719. The fraction of sp³-hybridized carbons (Fsp3) is 0.353. The van der Waals surface area contributed by atoms with Crippen LogP contribution in [0.15, 0.2) is 42.9 Å². The molecule has 4 heterocycles. The summed E-state index contributed by atoms with van der Waals surface area (Å²) in [6.45, 7) is 3.21. The number of imidazole rings is 1. The van der Waals surface area contributed by atoms with E-state index in [2.05, 4.69) is 20.6 Å². The summed E-state index contributed by atoms with van der Waals surface area (Å²) < 4.78 is 1.89. The van der Waals surface area contributed by atoms with E-state index < -0.39 is 0 Å². The number of hydrogen-bond donors (Lipinski definition) is 2. The van der Waals surface area contributed by atoms with Crippen molar-refractivity contribution in [2.45, 2.75) is 12.8 Å². The van der Waals surface area contributed by atoms with E-state index in [1.165, 1.54) is 12.8 Å². The third-order valence-corrected chi connectivity index (χ3v) is 4.37. The van der Waals surface area contributed by atoms with Gasteiger partial charge in [0.05, 0.1) is 11.9 Å². The second-order valence-electron chi connectivity index (χ2n) is 5.94. The van der Waals surface area contributed by atoms with Crippen molar-refractivity contribution in [1.82, 2.24) is 24.9 Å². The Bertz CT molecular complexity index is 776. The van der Waals surface area contributed by atoms with Gasteiger partial charge >= 0.3 is 0 Å². The van der Waals surface area contributed by atoms with Crippen LogP contribution in [0.5, 0.6) is 0 Å². The van der Waals surface area contributed by atoms with Gasteiger partial charge in [-0.15, -0.1) is 5.10 Å². The molecule has 1 saturated heterocycles. The summed E-state index contributed by atoms with van der Waals surface area (Å²) in [5, 5.41) is 11.6. The lowest BCUT2D eigenvalue weighted by Gasteiger charge is -2.22. The number of anilines is 1. The molecule has 1 fully saturated rings. The predicted molar refractivity (Wildman–Crippen MR) is 90.3 cm³/mol. The summed E-state index contributed by atoms with van der Waals surface area (Å²) in [6.07, 6.45) is 7.88. The van der Waals surface area contributed by atoms with Crippen molar-refractivity contribution in [1.29, 1.82) is 0 Å². The number of hydrogen-bond acceptors (Lipinski definition) is 5. The first-order valence-corrected chi connectivity index (χ1v) is 8.10. The van der Waals surface area contributed by atoms with Crippen molar-refractivity contribution in [3.63, 3.8) is 0 Å². The Morgan fingerprint density at radius 2 is 1.96 bits per heavy atom. The fourth-order valence-electron chi connectivity index (χ4n) is 3.02. The Morgan fingerprint density at radius 3 is 2.78 bits per heavy atom. The minimum atomic E-state index is 0.719. The molecule has 0 spiro atoms.